The number of thiocarbonyl (C=S) groups is 1. The zero-order valence-electron chi connectivity index (χ0n) is 14.2. The predicted molar refractivity (Wildman–Crippen MR) is 114 cm³/mol. The molecule has 0 aliphatic heterocycles. The topological polar surface area (TPSA) is 59.7 Å². The number of anilines is 1. The molecule has 0 radical (unpaired) electrons. The summed E-state index contributed by atoms with van der Waals surface area (Å²) in [5, 5.41) is 17.1. The van der Waals surface area contributed by atoms with Crippen LogP contribution in [0.1, 0.15) is 12.0 Å². The number of halogens is 3. The zero-order chi connectivity index (χ0) is 19.2. The van der Waals surface area contributed by atoms with Crippen LogP contribution in [-0.4, -0.2) is 31.2 Å². The number of hydrogen-bond donors (Lipinski definition) is 2. The van der Waals surface area contributed by atoms with E-state index >= 15 is 0 Å². The second-order valence-corrected chi connectivity index (χ2v) is 7.51. The van der Waals surface area contributed by atoms with Gasteiger partial charge in [-0.3, -0.25) is 9.36 Å². The first kappa shape index (κ1) is 19.9. The van der Waals surface area contributed by atoms with Crippen LogP contribution in [0.4, 0.5) is 5.69 Å². The summed E-state index contributed by atoms with van der Waals surface area (Å²) in [7, 11) is 0. The van der Waals surface area contributed by atoms with E-state index in [2.05, 4.69) is 20.8 Å². The molecule has 142 valence electrons. The molecule has 27 heavy (non-hydrogen) atoms. The lowest BCUT2D eigenvalue weighted by molar-refractivity contribution is 0.574. The molecule has 2 N–H and O–H groups in total. The molecule has 0 atom stereocenters. The van der Waals surface area contributed by atoms with Gasteiger partial charge in [-0.15, -0.1) is 0 Å². The van der Waals surface area contributed by atoms with E-state index in [1.165, 1.54) is 0 Å². The maximum Gasteiger partial charge on any atom is 0.170 e. The number of nitrogens with one attached hydrogen (secondary N) is 2. The number of aromatic nitrogens is 4. The largest absolute Gasteiger partial charge is 0.362 e. The monoisotopic (exact) mass is 442 g/mol. The summed E-state index contributed by atoms with van der Waals surface area (Å²) >= 11 is 23.3. The van der Waals surface area contributed by atoms with Crippen LogP contribution >= 0.6 is 47.0 Å². The Morgan fingerprint density at radius 1 is 1.04 bits per heavy atom. The molecular weight excluding hydrogens is 427 g/mol. The molecule has 10 heteroatoms. The molecule has 0 unspecified atom stereocenters. The van der Waals surface area contributed by atoms with Gasteiger partial charge in [-0.1, -0.05) is 40.9 Å². The third kappa shape index (κ3) is 6.10. The summed E-state index contributed by atoms with van der Waals surface area (Å²) in [6.07, 6.45) is 7.86. The van der Waals surface area contributed by atoms with Crippen LogP contribution in [0.25, 0.3) is 0 Å². The molecule has 0 saturated carbocycles. The second-order valence-electron chi connectivity index (χ2n) is 5.82. The molecule has 2 heterocycles. The Hall–Kier alpha value is -1.80. The van der Waals surface area contributed by atoms with Crippen LogP contribution in [-0.2, 0) is 13.1 Å². The SMILES string of the molecule is S=C(NCCCn1cc(Cl)cn1)Nc1cnn(Cc2ccc(Cl)cc2Cl)c1. The van der Waals surface area contributed by atoms with E-state index in [-0.39, 0.29) is 0 Å². The summed E-state index contributed by atoms with van der Waals surface area (Å²) in [5.41, 5.74) is 1.74. The van der Waals surface area contributed by atoms with Gasteiger partial charge in [0.15, 0.2) is 5.11 Å². The molecule has 0 aliphatic carbocycles. The molecule has 0 bridgehead atoms. The summed E-state index contributed by atoms with van der Waals surface area (Å²) in [6.45, 7) is 2.03. The fraction of sp³-hybridized carbons (Fsp3) is 0.235. The minimum Gasteiger partial charge on any atom is -0.362 e. The Morgan fingerprint density at radius 3 is 2.59 bits per heavy atom. The third-order valence-corrected chi connectivity index (χ3v) is 4.72. The Bertz CT molecular complexity index is 923. The lowest BCUT2D eigenvalue weighted by Crippen LogP contribution is -2.29. The Morgan fingerprint density at radius 2 is 1.85 bits per heavy atom. The number of nitrogens with zero attached hydrogens (tertiary/aromatic N) is 4. The van der Waals surface area contributed by atoms with Crippen LogP contribution in [0, 0.1) is 0 Å². The molecule has 3 aromatic rings. The van der Waals surface area contributed by atoms with Crippen molar-refractivity contribution in [3.05, 3.63) is 63.6 Å². The van der Waals surface area contributed by atoms with Gasteiger partial charge in [-0.25, -0.2) is 0 Å². The van der Waals surface area contributed by atoms with Crippen LogP contribution in [0.15, 0.2) is 43.0 Å². The van der Waals surface area contributed by atoms with Crippen molar-refractivity contribution in [2.75, 3.05) is 11.9 Å². The Balaban J connectivity index is 1.43. The van der Waals surface area contributed by atoms with E-state index in [1.807, 2.05) is 18.3 Å². The smallest absolute Gasteiger partial charge is 0.170 e. The Kier molecular flexibility index (Phi) is 6.95. The molecule has 6 nitrogen and oxygen atoms in total. The third-order valence-electron chi connectivity index (χ3n) is 3.69. The van der Waals surface area contributed by atoms with Crippen LogP contribution in [0.2, 0.25) is 15.1 Å². The van der Waals surface area contributed by atoms with Crippen molar-refractivity contribution in [1.29, 1.82) is 0 Å². The summed E-state index contributed by atoms with van der Waals surface area (Å²) in [4.78, 5) is 0. The average molecular weight is 444 g/mol. The summed E-state index contributed by atoms with van der Waals surface area (Å²) in [6, 6.07) is 5.41. The van der Waals surface area contributed by atoms with Gasteiger partial charge < -0.3 is 10.6 Å². The predicted octanol–water partition coefficient (Wildman–Crippen LogP) is 4.46. The van der Waals surface area contributed by atoms with Gasteiger partial charge in [0.05, 0.1) is 29.6 Å². The van der Waals surface area contributed by atoms with Gasteiger partial charge in [0.25, 0.3) is 0 Å². The van der Waals surface area contributed by atoms with E-state index < -0.39 is 0 Å². The lowest BCUT2D eigenvalue weighted by Gasteiger charge is -2.09. The number of benzene rings is 1. The van der Waals surface area contributed by atoms with Crippen molar-refractivity contribution >= 4 is 57.8 Å². The molecule has 0 spiro atoms. The van der Waals surface area contributed by atoms with Crippen LogP contribution in [0.5, 0.6) is 0 Å². The van der Waals surface area contributed by atoms with E-state index in [0.717, 1.165) is 30.8 Å². The fourth-order valence-corrected chi connectivity index (χ4v) is 3.26. The van der Waals surface area contributed by atoms with Gasteiger partial charge >= 0.3 is 0 Å². The zero-order valence-corrected chi connectivity index (χ0v) is 17.3. The first-order valence-electron chi connectivity index (χ1n) is 8.19. The van der Waals surface area contributed by atoms with Gasteiger partial charge in [-0.05, 0) is 36.3 Å². The molecular formula is C17H17Cl3N6S. The van der Waals surface area contributed by atoms with Crippen LogP contribution in [0.3, 0.4) is 0 Å². The maximum absolute atomic E-state index is 6.20. The highest BCUT2D eigenvalue weighted by Crippen LogP contribution is 2.22. The van der Waals surface area contributed by atoms with Gasteiger partial charge in [0.1, 0.15) is 0 Å². The number of rotatable bonds is 7. The molecule has 0 saturated heterocycles. The quantitative estimate of drug-likeness (QED) is 0.417. The standard InChI is InChI=1S/C17H17Cl3N6S/c18-13-3-2-12(16(20)6-13)9-26-11-15(8-23-26)24-17(27)21-4-1-5-25-10-14(19)7-22-25/h2-3,6-8,10-11H,1,4-5,9H2,(H2,21,24,27). The van der Waals surface area contributed by atoms with Crippen molar-refractivity contribution in [2.24, 2.45) is 0 Å². The molecule has 2 aromatic heterocycles. The van der Waals surface area contributed by atoms with E-state index in [4.69, 9.17) is 47.0 Å². The van der Waals surface area contributed by atoms with E-state index in [9.17, 15) is 0 Å². The average Bonchev–Trinajstić information content (AvgIpc) is 3.23. The fourth-order valence-electron chi connectivity index (χ4n) is 2.42. The second kappa shape index (κ2) is 9.41. The normalized spacial score (nSPS) is 10.8. The van der Waals surface area contributed by atoms with Crippen LogP contribution < -0.4 is 10.6 Å². The van der Waals surface area contributed by atoms with Gasteiger partial charge in [0.2, 0.25) is 0 Å². The van der Waals surface area contributed by atoms with Gasteiger partial charge in [-0.2, -0.15) is 10.2 Å². The molecule has 0 amide bonds. The first-order chi connectivity index (χ1) is 13.0. The minimum atomic E-state index is 0.539. The Labute approximate surface area is 177 Å². The van der Waals surface area contributed by atoms with E-state index in [1.54, 1.807) is 34.0 Å². The van der Waals surface area contributed by atoms with E-state index in [0.29, 0.717) is 26.7 Å². The van der Waals surface area contributed by atoms with Crippen molar-refractivity contribution in [3.63, 3.8) is 0 Å². The lowest BCUT2D eigenvalue weighted by atomic mass is 10.2. The minimum absolute atomic E-state index is 0.539. The van der Waals surface area contributed by atoms with Gasteiger partial charge in [0, 0.05) is 35.5 Å². The van der Waals surface area contributed by atoms with Crippen molar-refractivity contribution in [2.45, 2.75) is 19.5 Å². The maximum atomic E-state index is 6.20. The first-order valence-corrected chi connectivity index (χ1v) is 9.73. The van der Waals surface area contributed by atoms with Crippen molar-refractivity contribution in [3.8, 4) is 0 Å². The highest BCUT2D eigenvalue weighted by Gasteiger charge is 2.05. The summed E-state index contributed by atoms with van der Waals surface area (Å²) in [5.74, 6) is 0. The number of aryl methyl sites for hydroxylation is 1. The molecule has 0 fully saturated rings. The summed E-state index contributed by atoms with van der Waals surface area (Å²) < 4.78 is 3.58. The highest BCUT2D eigenvalue weighted by atomic mass is 35.5. The molecule has 3 rings (SSSR count). The molecule has 1 aromatic carbocycles. The molecule has 0 aliphatic rings. The number of hydrogen-bond acceptors (Lipinski definition) is 3. The van der Waals surface area contributed by atoms with Crippen molar-refractivity contribution in [1.82, 2.24) is 24.9 Å². The highest BCUT2D eigenvalue weighted by molar-refractivity contribution is 7.80. The van der Waals surface area contributed by atoms with Crippen molar-refractivity contribution < 1.29 is 0 Å².